The van der Waals surface area contributed by atoms with Gasteiger partial charge in [-0.25, -0.2) is 10.8 Å². The van der Waals surface area contributed by atoms with Gasteiger partial charge in [0.25, 0.3) is 10.1 Å². The summed E-state index contributed by atoms with van der Waals surface area (Å²) >= 11 is 0. The van der Waals surface area contributed by atoms with Crippen LogP contribution in [0, 0.1) is 20.8 Å². The summed E-state index contributed by atoms with van der Waals surface area (Å²) < 4.78 is 30.8. The van der Waals surface area contributed by atoms with Crippen molar-refractivity contribution in [1.29, 1.82) is 0 Å². The van der Waals surface area contributed by atoms with Crippen molar-refractivity contribution in [2.45, 2.75) is 25.7 Å². The van der Waals surface area contributed by atoms with Crippen LogP contribution in [0.2, 0.25) is 0 Å². The number of nitrogens with two attached hydrogens (primary N) is 2. The molecule has 0 saturated heterocycles. The zero-order valence-electron chi connectivity index (χ0n) is 12.2. The van der Waals surface area contributed by atoms with Crippen molar-refractivity contribution < 1.29 is 13.0 Å². The molecule has 1 aromatic carbocycles. The number of aliphatic imine (C=N–C) groups is 1. The lowest BCUT2D eigenvalue weighted by Gasteiger charge is -2.16. The second-order valence-electron chi connectivity index (χ2n) is 4.73. The minimum absolute atomic E-state index is 0.0260. The molecule has 0 amide bonds. The predicted molar refractivity (Wildman–Crippen MR) is 82.1 cm³/mol. The van der Waals surface area contributed by atoms with Crippen LogP contribution in [0.15, 0.2) is 34.3 Å². The standard InChI is InChI=1S/C9H12O3S.C4H8N4/c1-6-4-7(2)9(8(3)5-6)13(10,11)12;5-4-7-2-1-3-8(4)6/h4-5H,1-3H3,(H,10,11,12);1-2H,3,6H2,(H2,5,7). The Morgan fingerprint density at radius 3 is 2.10 bits per heavy atom. The molecular weight excluding hydrogens is 292 g/mol. The largest absolute Gasteiger partial charge is 0.368 e. The monoisotopic (exact) mass is 312 g/mol. The Labute approximate surface area is 124 Å². The molecule has 0 fully saturated rings. The summed E-state index contributed by atoms with van der Waals surface area (Å²) in [5.74, 6) is 5.67. The predicted octanol–water partition coefficient (Wildman–Crippen LogP) is 0.863. The van der Waals surface area contributed by atoms with Crippen LogP contribution in [-0.4, -0.2) is 30.5 Å². The number of aryl methyl sites for hydroxylation is 3. The average molecular weight is 312 g/mol. The highest BCUT2D eigenvalue weighted by atomic mass is 32.2. The number of hydrogen-bond acceptors (Lipinski definition) is 6. The third-order valence-corrected chi connectivity index (χ3v) is 3.93. The molecular formula is C13H20N4O3S. The van der Waals surface area contributed by atoms with E-state index in [2.05, 4.69) is 4.99 Å². The quantitative estimate of drug-likeness (QED) is 0.522. The summed E-state index contributed by atoms with van der Waals surface area (Å²) in [5.41, 5.74) is 7.43. The molecule has 1 aliphatic rings. The fourth-order valence-electron chi connectivity index (χ4n) is 2.03. The maximum absolute atomic E-state index is 10.9. The van der Waals surface area contributed by atoms with Crippen molar-refractivity contribution in [2.75, 3.05) is 6.54 Å². The Balaban J connectivity index is 0.000000235. The highest BCUT2D eigenvalue weighted by molar-refractivity contribution is 7.86. The highest BCUT2D eigenvalue weighted by Gasteiger charge is 2.15. The van der Waals surface area contributed by atoms with E-state index >= 15 is 0 Å². The second kappa shape index (κ2) is 6.70. The van der Waals surface area contributed by atoms with E-state index in [-0.39, 0.29) is 4.90 Å². The lowest BCUT2D eigenvalue weighted by molar-refractivity contribution is 0.477. The number of hydrazine groups is 1. The average Bonchev–Trinajstić information content (AvgIpc) is 2.30. The van der Waals surface area contributed by atoms with Crippen LogP contribution in [0.1, 0.15) is 16.7 Å². The zero-order chi connectivity index (χ0) is 16.2. The van der Waals surface area contributed by atoms with Gasteiger partial charge in [-0.15, -0.1) is 0 Å². The molecule has 0 radical (unpaired) electrons. The maximum Gasteiger partial charge on any atom is 0.295 e. The van der Waals surface area contributed by atoms with Crippen molar-refractivity contribution in [2.24, 2.45) is 16.6 Å². The molecule has 0 spiro atoms. The van der Waals surface area contributed by atoms with Crippen molar-refractivity contribution in [1.82, 2.24) is 5.01 Å². The summed E-state index contributed by atoms with van der Waals surface area (Å²) in [6, 6.07) is 3.46. The van der Waals surface area contributed by atoms with E-state index in [4.69, 9.17) is 16.1 Å². The summed E-state index contributed by atoms with van der Waals surface area (Å²) in [4.78, 5) is 3.75. The van der Waals surface area contributed by atoms with E-state index in [1.54, 1.807) is 32.2 Å². The Morgan fingerprint density at radius 2 is 1.76 bits per heavy atom. The van der Waals surface area contributed by atoms with Gasteiger partial charge in [0.15, 0.2) is 0 Å². The first-order valence-corrected chi connectivity index (χ1v) is 7.62. The summed E-state index contributed by atoms with van der Waals surface area (Å²) in [7, 11) is -4.08. The van der Waals surface area contributed by atoms with Gasteiger partial charge < -0.3 is 5.73 Å². The maximum atomic E-state index is 10.9. The van der Waals surface area contributed by atoms with Gasteiger partial charge >= 0.3 is 0 Å². The van der Waals surface area contributed by atoms with Gasteiger partial charge in [0.05, 0.1) is 11.4 Å². The van der Waals surface area contributed by atoms with E-state index < -0.39 is 10.1 Å². The van der Waals surface area contributed by atoms with Gasteiger partial charge in [0.1, 0.15) is 0 Å². The van der Waals surface area contributed by atoms with E-state index in [0.29, 0.717) is 23.6 Å². The number of nitrogens with zero attached hydrogens (tertiary/aromatic N) is 2. The molecule has 0 unspecified atom stereocenters. The highest BCUT2D eigenvalue weighted by Crippen LogP contribution is 2.20. The van der Waals surface area contributed by atoms with Crippen LogP contribution in [0.4, 0.5) is 0 Å². The van der Waals surface area contributed by atoms with Crippen molar-refractivity contribution in [3.63, 3.8) is 0 Å². The molecule has 116 valence electrons. The minimum atomic E-state index is -4.08. The van der Waals surface area contributed by atoms with Crippen molar-refractivity contribution in [3.8, 4) is 0 Å². The van der Waals surface area contributed by atoms with Gasteiger partial charge in [-0.1, -0.05) is 17.7 Å². The van der Waals surface area contributed by atoms with Gasteiger partial charge in [-0.3, -0.25) is 9.56 Å². The molecule has 7 nitrogen and oxygen atoms in total. The molecule has 0 bridgehead atoms. The molecule has 0 aromatic heterocycles. The molecule has 0 atom stereocenters. The lowest BCUT2D eigenvalue weighted by Crippen LogP contribution is -2.43. The Morgan fingerprint density at radius 1 is 1.24 bits per heavy atom. The number of hydrogen-bond donors (Lipinski definition) is 3. The molecule has 2 rings (SSSR count). The topological polar surface area (TPSA) is 122 Å². The van der Waals surface area contributed by atoms with Crippen LogP contribution in [0.3, 0.4) is 0 Å². The summed E-state index contributed by atoms with van der Waals surface area (Å²) in [5, 5.41) is 1.38. The van der Waals surface area contributed by atoms with E-state index in [1.165, 1.54) is 5.01 Å². The molecule has 1 aromatic rings. The minimum Gasteiger partial charge on any atom is -0.368 e. The van der Waals surface area contributed by atoms with Gasteiger partial charge in [-0.2, -0.15) is 8.42 Å². The SMILES string of the molecule is Cc1cc(C)c(S(=O)(=O)O)c(C)c1.NC1=NC=CCN1N. The molecule has 0 saturated carbocycles. The zero-order valence-corrected chi connectivity index (χ0v) is 13.1. The Bertz CT molecular complexity index is 658. The molecule has 8 heteroatoms. The van der Waals surface area contributed by atoms with Crippen molar-refractivity contribution >= 4 is 16.1 Å². The fourth-order valence-corrected chi connectivity index (χ4v) is 2.96. The normalized spacial score (nSPS) is 14.3. The van der Waals surface area contributed by atoms with Gasteiger partial charge in [-0.05, 0) is 38.0 Å². The molecule has 0 aliphatic carbocycles. The molecule has 1 heterocycles. The van der Waals surface area contributed by atoms with Gasteiger partial charge in [0.2, 0.25) is 5.96 Å². The van der Waals surface area contributed by atoms with E-state index in [1.807, 2.05) is 13.0 Å². The summed E-state index contributed by atoms with van der Waals surface area (Å²) in [6.45, 7) is 5.87. The Hall–Kier alpha value is -1.90. The summed E-state index contributed by atoms with van der Waals surface area (Å²) in [6.07, 6.45) is 3.47. The van der Waals surface area contributed by atoms with Crippen LogP contribution in [0.5, 0.6) is 0 Å². The lowest BCUT2D eigenvalue weighted by atomic mass is 10.1. The second-order valence-corrected chi connectivity index (χ2v) is 6.09. The molecule has 5 N–H and O–H groups in total. The van der Waals surface area contributed by atoms with Crippen LogP contribution < -0.4 is 11.6 Å². The molecule has 21 heavy (non-hydrogen) atoms. The molecule has 1 aliphatic heterocycles. The number of guanidine groups is 1. The van der Waals surface area contributed by atoms with Crippen molar-refractivity contribution in [3.05, 3.63) is 41.1 Å². The first-order chi connectivity index (χ1) is 9.62. The first kappa shape index (κ1) is 17.2. The van der Waals surface area contributed by atoms with Gasteiger partial charge in [0, 0.05) is 6.20 Å². The Kier molecular flexibility index (Phi) is 5.47. The third kappa shape index (κ3) is 4.85. The first-order valence-electron chi connectivity index (χ1n) is 6.18. The smallest absolute Gasteiger partial charge is 0.295 e. The fraction of sp³-hybridized carbons (Fsp3) is 0.308. The van der Waals surface area contributed by atoms with E-state index in [0.717, 1.165) is 5.56 Å². The third-order valence-electron chi connectivity index (χ3n) is 2.77. The number of rotatable bonds is 1. The van der Waals surface area contributed by atoms with E-state index in [9.17, 15) is 8.42 Å². The van der Waals surface area contributed by atoms with Crippen LogP contribution in [0.25, 0.3) is 0 Å². The van der Waals surface area contributed by atoms with Crippen LogP contribution in [-0.2, 0) is 10.1 Å². The number of benzene rings is 1. The van der Waals surface area contributed by atoms with Crippen LogP contribution >= 0.6 is 0 Å².